The summed E-state index contributed by atoms with van der Waals surface area (Å²) in [5, 5.41) is 13.2. The Hall–Kier alpha value is -2.20. The van der Waals surface area contributed by atoms with Gasteiger partial charge >= 0.3 is 0 Å². The molecule has 0 aliphatic carbocycles. The summed E-state index contributed by atoms with van der Waals surface area (Å²) in [7, 11) is -3.19. The summed E-state index contributed by atoms with van der Waals surface area (Å²) in [5.41, 5.74) is 1.05. The lowest BCUT2D eigenvalue weighted by molar-refractivity contribution is 0.471. The maximum absolute atomic E-state index is 11.9. The quantitative estimate of drug-likeness (QED) is 0.733. The topological polar surface area (TPSA) is 88.6 Å². The summed E-state index contributed by atoms with van der Waals surface area (Å²) < 4.78 is 25.5. The minimum Gasteiger partial charge on any atom is -0.237 e. The Balaban J connectivity index is 2.26. The molecule has 0 fully saturated rings. The van der Waals surface area contributed by atoms with Crippen LogP contribution < -0.4 is 0 Å². The number of aromatic nitrogens is 3. The van der Waals surface area contributed by atoms with E-state index in [0.717, 1.165) is 24.8 Å². The molecule has 1 heterocycles. The van der Waals surface area contributed by atoms with E-state index < -0.39 is 9.84 Å². The van der Waals surface area contributed by atoms with Crippen LogP contribution in [0.25, 0.3) is 0 Å². The Labute approximate surface area is 143 Å². The molecule has 0 aliphatic heterocycles. The van der Waals surface area contributed by atoms with Gasteiger partial charge in [0.25, 0.3) is 0 Å². The van der Waals surface area contributed by atoms with Crippen LogP contribution in [0.4, 0.5) is 0 Å². The molecule has 24 heavy (non-hydrogen) atoms. The highest BCUT2D eigenvalue weighted by atomic mass is 32.2. The highest BCUT2D eigenvalue weighted by Crippen LogP contribution is 2.26. The molecule has 0 radical (unpaired) electrons. The first kappa shape index (κ1) is 18.1. The van der Waals surface area contributed by atoms with E-state index >= 15 is 0 Å². The van der Waals surface area contributed by atoms with Crippen LogP contribution in [0.2, 0.25) is 0 Å². The molecule has 1 aromatic heterocycles. The first-order valence-corrected chi connectivity index (χ1v) is 9.77. The molecule has 0 N–H and O–H groups in total. The number of sulfone groups is 1. The second-order valence-corrected chi connectivity index (χ2v) is 7.97. The van der Waals surface area contributed by atoms with Crippen LogP contribution in [0.1, 0.15) is 50.4 Å². The Morgan fingerprint density at radius 3 is 2.54 bits per heavy atom. The van der Waals surface area contributed by atoms with Gasteiger partial charge in [0.2, 0.25) is 5.82 Å². The number of unbranched alkanes of at least 4 members (excludes halogenated alkanes) is 1. The SMILES string of the molecule is CCCCC(Cn1ncnc1C#N)c1ccc(S(=O)(=O)CC)cc1. The van der Waals surface area contributed by atoms with Gasteiger partial charge in [-0.25, -0.2) is 18.1 Å². The normalized spacial score (nSPS) is 12.7. The van der Waals surface area contributed by atoms with Gasteiger partial charge in [0.15, 0.2) is 9.84 Å². The van der Waals surface area contributed by atoms with Gasteiger partial charge in [-0.1, -0.05) is 38.8 Å². The largest absolute Gasteiger partial charge is 0.237 e. The molecule has 2 aromatic rings. The Morgan fingerprint density at radius 1 is 1.25 bits per heavy atom. The summed E-state index contributed by atoms with van der Waals surface area (Å²) in [6.45, 7) is 4.33. The maximum Gasteiger partial charge on any atom is 0.230 e. The molecule has 2 rings (SSSR count). The van der Waals surface area contributed by atoms with Gasteiger partial charge < -0.3 is 0 Å². The van der Waals surface area contributed by atoms with Crippen molar-refractivity contribution in [1.29, 1.82) is 5.26 Å². The molecule has 128 valence electrons. The van der Waals surface area contributed by atoms with Crippen LogP contribution in [0, 0.1) is 11.3 Å². The number of benzene rings is 1. The second kappa shape index (κ2) is 8.06. The average molecular weight is 346 g/mol. The fourth-order valence-corrected chi connectivity index (χ4v) is 3.51. The minimum atomic E-state index is -3.19. The average Bonchev–Trinajstić information content (AvgIpc) is 3.06. The number of nitriles is 1. The van der Waals surface area contributed by atoms with Gasteiger partial charge in [0.05, 0.1) is 17.2 Å². The smallest absolute Gasteiger partial charge is 0.230 e. The third kappa shape index (κ3) is 4.20. The first-order valence-electron chi connectivity index (χ1n) is 8.12. The molecule has 1 aromatic carbocycles. The maximum atomic E-state index is 11.9. The lowest BCUT2D eigenvalue weighted by Gasteiger charge is -2.18. The molecule has 0 bridgehead atoms. The van der Waals surface area contributed by atoms with Crippen LogP contribution in [-0.2, 0) is 16.4 Å². The van der Waals surface area contributed by atoms with Crippen LogP contribution in [0.15, 0.2) is 35.5 Å². The highest BCUT2D eigenvalue weighted by Gasteiger charge is 2.17. The predicted octanol–water partition coefficient (Wildman–Crippen LogP) is 2.92. The third-order valence-corrected chi connectivity index (χ3v) is 5.86. The van der Waals surface area contributed by atoms with E-state index in [2.05, 4.69) is 17.0 Å². The van der Waals surface area contributed by atoms with Crippen molar-refractivity contribution in [3.63, 3.8) is 0 Å². The van der Waals surface area contributed by atoms with Gasteiger partial charge in [-0.3, -0.25) is 0 Å². The molecule has 0 saturated carbocycles. The second-order valence-electron chi connectivity index (χ2n) is 5.69. The van der Waals surface area contributed by atoms with Crippen molar-refractivity contribution in [3.05, 3.63) is 42.0 Å². The molecule has 0 spiro atoms. The number of nitrogens with zero attached hydrogens (tertiary/aromatic N) is 4. The number of rotatable bonds is 8. The summed E-state index contributed by atoms with van der Waals surface area (Å²) in [4.78, 5) is 4.28. The van der Waals surface area contributed by atoms with Crippen molar-refractivity contribution in [3.8, 4) is 6.07 Å². The molecule has 1 unspecified atom stereocenters. The van der Waals surface area contributed by atoms with Gasteiger partial charge in [0.1, 0.15) is 12.4 Å². The van der Waals surface area contributed by atoms with E-state index in [1.165, 1.54) is 6.33 Å². The summed E-state index contributed by atoms with van der Waals surface area (Å²) in [6, 6.07) is 9.10. The lowest BCUT2D eigenvalue weighted by Crippen LogP contribution is -2.13. The van der Waals surface area contributed by atoms with Crippen LogP contribution in [0.3, 0.4) is 0 Å². The fraction of sp³-hybridized carbons (Fsp3) is 0.471. The van der Waals surface area contributed by atoms with E-state index in [1.807, 2.05) is 18.2 Å². The Kier molecular flexibility index (Phi) is 6.10. The lowest BCUT2D eigenvalue weighted by atomic mass is 9.93. The molecule has 1 atom stereocenters. The van der Waals surface area contributed by atoms with Gasteiger partial charge in [-0.2, -0.15) is 10.4 Å². The van der Waals surface area contributed by atoms with Crippen LogP contribution in [0.5, 0.6) is 0 Å². The van der Waals surface area contributed by atoms with Crippen molar-refractivity contribution >= 4 is 9.84 Å². The first-order chi connectivity index (χ1) is 11.5. The van der Waals surface area contributed by atoms with Crippen LogP contribution >= 0.6 is 0 Å². The zero-order chi connectivity index (χ0) is 17.6. The molecular formula is C17H22N4O2S. The molecule has 0 saturated heterocycles. The van der Waals surface area contributed by atoms with Gasteiger partial charge in [0, 0.05) is 5.92 Å². The van der Waals surface area contributed by atoms with Crippen molar-refractivity contribution in [2.24, 2.45) is 0 Å². The Bertz CT molecular complexity index is 804. The van der Waals surface area contributed by atoms with Crippen molar-refractivity contribution in [1.82, 2.24) is 14.8 Å². The van der Waals surface area contributed by atoms with Crippen LogP contribution in [-0.4, -0.2) is 28.9 Å². The predicted molar refractivity (Wildman–Crippen MR) is 91.2 cm³/mol. The summed E-state index contributed by atoms with van der Waals surface area (Å²) in [6.07, 6.45) is 4.45. The van der Waals surface area contributed by atoms with Gasteiger partial charge in [-0.15, -0.1) is 0 Å². The van der Waals surface area contributed by atoms with E-state index in [9.17, 15) is 8.42 Å². The standard InChI is InChI=1S/C17H22N4O2S/c1-3-5-6-15(12-21-17(11-18)19-13-20-21)14-7-9-16(10-8-14)24(22,23)4-2/h7-10,13,15H,3-6,12H2,1-2H3. The van der Waals surface area contributed by atoms with E-state index in [1.54, 1.807) is 23.7 Å². The molecule has 0 aliphatic rings. The van der Waals surface area contributed by atoms with Crippen molar-refractivity contribution in [2.75, 3.05) is 5.75 Å². The third-order valence-electron chi connectivity index (χ3n) is 4.11. The Morgan fingerprint density at radius 2 is 1.96 bits per heavy atom. The molecule has 0 amide bonds. The molecule has 7 heteroatoms. The molecular weight excluding hydrogens is 324 g/mol. The molecule has 6 nitrogen and oxygen atoms in total. The zero-order valence-corrected chi connectivity index (χ0v) is 14.8. The highest BCUT2D eigenvalue weighted by molar-refractivity contribution is 7.91. The van der Waals surface area contributed by atoms with E-state index in [4.69, 9.17) is 5.26 Å². The summed E-state index contributed by atoms with van der Waals surface area (Å²) >= 11 is 0. The number of hydrogen-bond donors (Lipinski definition) is 0. The zero-order valence-electron chi connectivity index (χ0n) is 14.0. The van der Waals surface area contributed by atoms with Crippen molar-refractivity contribution < 1.29 is 8.42 Å². The minimum absolute atomic E-state index is 0.0933. The summed E-state index contributed by atoms with van der Waals surface area (Å²) in [5.74, 6) is 0.551. The van der Waals surface area contributed by atoms with Gasteiger partial charge in [-0.05, 0) is 24.1 Å². The van der Waals surface area contributed by atoms with E-state index in [0.29, 0.717) is 17.3 Å². The fourth-order valence-electron chi connectivity index (χ4n) is 2.62. The van der Waals surface area contributed by atoms with Crippen molar-refractivity contribution in [2.45, 2.75) is 50.5 Å². The monoisotopic (exact) mass is 346 g/mol. The number of hydrogen-bond acceptors (Lipinski definition) is 5. The van der Waals surface area contributed by atoms with E-state index in [-0.39, 0.29) is 11.7 Å².